The Hall–Kier alpha value is -2.11. The minimum Gasteiger partial charge on any atom is -0.478 e. The Morgan fingerprint density at radius 2 is 2.11 bits per heavy atom. The van der Waals surface area contributed by atoms with Crippen LogP contribution in [0.5, 0.6) is 0 Å². The van der Waals surface area contributed by atoms with Gasteiger partial charge < -0.3 is 15.7 Å². The Kier molecular flexibility index (Phi) is 3.69. The molecule has 6 heteroatoms. The number of benzene rings is 1. The molecule has 1 saturated carbocycles. The summed E-state index contributed by atoms with van der Waals surface area (Å²) in [5.41, 5.74) is -0.215. The highest BCUT2D eigenvalue weighted by Gasteiger charge is 2.29. The number of amides is 2. The Morgan fingerprint density at radius 3 is 2.68 bits per heavy atom. The molecule has 0 heterocycles. The molecule has 1 aliphatic carbocycles. The lowest BCUT2D eigenvalue weighted by Crippen LogP contribution is -2.37. The van der Waals surface area contributed by atoms with Crippen LogP contribution in [-0.4, -0.2) is 23.1 Å². The normalized spacial score (nSPS) is 15.7. The number of carbonyl (C=O) groups is 2. The van der Waals surface area contributed by atoms with Gasteiger partial charge in [0.2, 0.25) is 0 Å². The van der Waals surface area contributed by atoms with Crippen LogP contribution in [0.25, 0.3) is 0 Å². The molecule has 0 aromatic heterocycles. The maximum atomic E-state index is 13.5. The first-order valence-corrected chi connectivity index (χ1v) is 6.07. The van der Waals surface area contributed by atoms with Crippen molar-refractivity contribution in [3.05, 3.63) is 29.6 Å². The minimum atomic E-state index is -1.17. The van der Waals surface area contributed by atoms with Gasteiger partial charge in [-0.1, -0.05) is 0 Å². The quantitative estimate of drug-likeness (QED) is 0.783. The van der Waals surface area contributed by atoms with E-state index in [1.54, 1.807) is 0 Å². The van der Waals surface area contributed by atoms with E-state index in [4.69, 9.17) is 5.11 Å². The monoisotopic (exact) mass is 266 g/mol. The topological polar surface area (TPSA) is 78.4 Å². The van der Waals surface area contributed by atoms with E-state index in [9.17, 15) is 14.0 Å². The predicted octanol–water partition coefficient (Wildman–Crippen LogP) is 2.44. The highest BCUT2D eigenvalue weighted by atomic mass is 19.1. The van der Waals surface area contributed by atoms with Crippen LogP contribution in [-0.2, 0) is 0 Å². The molecular formula is C13H15FN2O3. The van der Waals surface area contributed by atoms with Crippen molar-refractivity contribution in [3.63, 3.8) is 0 Å². The van der Waals surface area contributed by atoms with Crippen LogP contribution in [0, 0.1) is 11.7 Å². The van der Waals surface area contributed by atoms with Crippen molar-refractivity contribution < 1.29 is 19.1 Å². The molecule has 3 N–H and O–H groups in total. The van der Waals surface area contributed by atoms with E-state index in [1.165, 1.54) is 0 Å². The molecule has 1 atom stereocenters. The summed E-state index contributed by atoms with van der Waals surface area (Å²) in [7, 11) is 0. The SMILES string of the molecule is CC(NC(=O)Nc1cc(C(=O)O)ccc1F)C1CC1. The standard InChI is InChI=1S/C13H15FN2O3/c1-7(8-2-3-8)15-13(19)16-11-6-9(12(17)18)4-5-10(11)14/h4-8H,2-3H2,1H3,(H,17,18)(H2,15,16,19). The zero-order valence-electron chi connectivity index (χ0n) is 10.4. The number of halogens is 1. The summed E-state index contributed by atoms with van der Waals surface area (Å²) in [5, 5.41) is 13.8. The molecule has 0 aliphatic heterocycles. The van der Waals surface area contributed by atoms with Gasteiger partial charge in [-0.05, 0) is 43.9 Å². The van der Waals surface area contributed by atoms with Crippen molar-refractivity contribution in [3.8, 4) is 0 Å². The van der Waals surface area contributed by atoms with Gasteiger partial charge in [-0.3, -0.25) is 0 Å². The van der Waals surface area contributed by atoms with Crippen LogP contribution >= 0.6 is 0 Å². The van der Waals surface area contributed by atoms with Crippen molar-refractivity contribution in [2.24, 2.45) is 5.92 Å². The van der Waals surface area contributed by atoms with Crippen molar-refractivity contribution in [2.75, 3.05) is 5.32 Å². The van der Waals surface area contributed by atoms with Crippen LogP contribution in [0.2, 0.25) is 0 Å². The molecule has 2 rings (SSSR count). The zero-order chi connectivity index (χ0) is 14.0. The predicted molar refractivity (Wildman–Crippen MR) is 67.7 cm³/mol. The van der Waals surface area contributed by atoms with Crippen LogP contribution < -0.4 is 10.6 Å². The second-order valence-electron chi connectivity index (χ2n) is 4.72. The number of hydrogen-bond acceptors (Lipinski definition) is 2. The molecule has 102 valence electrons. The summed E-state index contributed by atoms with van der Waals surface area (Å²) in [6.07, 6.45) is 2.18. The Bertz CT molecular complexity index is 515. The van der Waals surface area contributed by atoms with Gasteiger partial charge in [-0.15, -0.1) is 0 Å². The second kappa shape index (κ2) is 5.26. The first kappa shape index (κ1) is 13.3. The summed E-state index contributed by atoms with van der Waals surface area (Å²) < 4.78 is 13.5. The largest absolute Gasteiger partial charge is 0.478 e. The Labute approximate surface area is 109 Å². The van der Waals surface area contributed by atoms with Gasteiger partial charge in [0.1, 0.15) is 5.82 Å². The number of nitrogens with one attached hydrogen (secondary N) is 2. The van der Waals surface area contributed by atoms with Gasteiger partial charge in [0.05, 0.1) is 11.3 Å². The Balaban J connectivity index is 2.02. The lowest BCUT2D eigenvalue weighted by atomic mass is 10.2. The molecule has 5 nitrogen and oxygen atoms in total. The third-order valence-electron chi connectivity index (χ3n) is 3.15. The number of carbonyl (C=O) groups excluding carboxylic acids is 1. The zero-order valence-corrected chi connectivity index (χ0v) is 10.4. The maximum Gasteiger partial charge on any atom is 0.335 e. The third kappa shape index (κ3) is 3.43. The minimum absolute atomic E-state index is 0.0331. The fraction of sp³-hybridized carbons (Fsp3) is 0.385. The molecule has 0 saturated heterocycles. The summed E-state index contributed by atoms with van der Waals surface area (Å²) in [4.78, 5) is 22.4. The van der Waals surface area contributed by atoms with Crippen molar-refractivity contribution >= 4 is 17.7 Å². The molecule has 2 amide bonds. The lowest BCUT2D eigenvalue weighted by Gasteiger charge is -2.14. The molecule has 19 heavy (non-hydrogen) atoms. The fourth-order valence-electron chi connectivity index (χ4n) is 1.83. The van der Waals surface area contributed by atoms with E-state index in [-0.39, 0.29) is 17.3 Å². The number of carboxylic acids is 1. The van der Waals surface area contributed by atoms with Crippen LogP contribution in [0.1, 0.15) is 30.1 Å². The maximum absolute atomic E-state index is 13.5. The van der Waals surface area contributed by atoms with Gasteiger partial charge in [-0.2, -0.15) is 0 Å². The van der Waals surface area contributed by atoms with Gasteiger partial charge in [0.25, 0.3) is 0 Å². The average Bonchev–Trinajstić information content (AvgIpc) is 3.15. The summed E-state index contributed by atoms with van der Waals surface area (Å²) in [6.45, 7) is 1.89. The van der Waals surface area contributed by atoms with Crippen LogP contribution in [0.4, 0.5) is 14.9 Å². The summed E-state index contributed by atoms with van der Waals surface area (Å²) >= 11 is 0. The van der Waals surface area contributed by atoms with Crippen molar-refractivity contribution in [2.45, 2.75) is 25.8 Å². The molecule has 1 aliphatic rings. The van der Waals surface area contributed by atoms with E-state index >= 15 is 0 Å². The van der Waals surface area contributed by atoms with Gasteiger partial charge in [0.15, 0.2) is 0 Å². The van der Waals surface area contributed by atoms with Crippen LogP contribution in [0.15, 0.2) is 18.2 Å². The van der Waals surface area contributed by atoms with Gasteiger partial charge >= 0.3 is 12.0 Å². The highest BCUT2D eigenvalue weighted by Crippen LogP contribution is 2.32. The third-order valence-corrected chi connectivity index (χ3v) is 3.15. The second-order valence-corrected chi connectivity index (χ2v) is 4.72. The van der Waals surface area contributed by atoms with E-state index in [0.717, 1.165) is 31.0 Å². The number of carboxylic acid groups (broad SMARTS) is 1. The smallest absolute Gasteiger partial charge is 0.335 e. The number of urea groups is 1. The van der Waals surface area contributed by atoms with E-state index in [0.29, 0.717) is 5.92 Å². The average molecular weight is 266 g/mol. The number of anilines is 1. The van der Waals surface area contributed by atoms with Crippen molar-refractivity contribution in [1.29, 1.82) is 0 Å². The molecule has 1 aromatic rings. The molecule has 1 fully saturated rings. The van der Waals surface area contributed by atoms with Gasteiger partial charge in [-0.25, -0.2) is 14.0 Å². The summed E-state index contributed by atoms with van der Waals surface area (Å²) in [5.74, 6) is -1.35. The molecule has 0 bridgehead atoms. The van der Waals surface area contributed by atoms with Crippen molar-refractivity contribution in [1.82, 2.24) is 5.32 Å². The molecule has 0 radical (unpaired) electrons. The first-order chi connectivity index (χ1) is 8.97. The van der Waals surface area contributed by atoms with Gasteiger partial charge in [0, 0.05) is 6.04 Å². The van der Waals surface area contributed by atoms with Crippen LogP contribution in [0.3, 0.4) is 0 Å². The van der Waals surface area contributed by atoms with E-state index < -0.39 is 17.8 Å². The first-order valence-electron chi connectivity index (χ1n) is 6.07. The molecule has 0 spiro atoms. The number of rotatable bonds is 4. The fourth-order valence-corrected chi connectivity index (χ4v) is 1.83. The molecule has 1 aromatic carbocycles. The molecular weight excluding hydrogens is 251 g/mol. The summed E-state index contributed by atoms with van der Waals surface area (Å²) in [6, 6.07) is 2.77. The van der Waals surface area contributed by atoms with E-state index in [1.807, 2.05) is 6.92 Å². The lowest BCUT2D eigenvalue weighted by molar-refractivity contribution is 0.0697. The highest BCUT2D eigenvalue weighted by molar-refractivity contribution is 5.93. The number of hydrogen-bond donors (Lipinski definition) is 3. The Morgan fingerprint density at radius 1 is 1.42 bits per heavy atom. The molecule has 1 unspecified atom stereocenters. The number of aromatic carboxylic acids is 1. The van der Waals surface area contributed by atoms with E-state index in [2.05, 4.69) is 10.6 Å².